The van der Waals surface area contributed by atoms with Crippen molar-refractivity contribution in [1.29, 1.82) is 0 Å². The van der Waals surface area contributed by atoms with E-state index in [9.17, 15) is 0 Å². The van der Waals surface area contributed by atoms with Gasteiger partial charge in [-0.3, -0.25) is 0 Å². The summed E-state index contributed by atoms with van der Waals surface area (Å²) in [5.74, 6) is -0.293. The second kappa shape index (κ2) is 10.2. The summed E-state index contributed by atoms with van der Waals surface area (Å²) in [6, 6.07) is 47.4. The summed E-state index contributed by atoms with van der Waals surface area (Å²) in [6.07, 6.45) is 0. The van der Waals surface area contributed by atoms with Crippen LogP contribution in [0.5, 0.6) is 0 Å². The Balaban J connectivity index is 1.38. The highest BCUT2D eigenvalue weighted by Gasteiger charge is 2.38. The second-order valence-electron chi connectivity index (χ2n) is 13.2. The topological polar surface area (TPSA) is 16.4 Å². The van der Waals surface area contributed by atoms with E-state index in [1.807, 2.05) is 72.8 Å². The first kappa shape index (κ1) is 27.6. The molecule has 9 rings (SSSR count). The normalized spacial score (nSPS) is 13.3. The minimum Gasteiger partial charge on any atom is -0.456 e. The quantitative estimate of drug-likeness (QED) is 0.197. The van der Waals surface area contributed by atoms with Crippen molar-refractivity contribution >= 4 is 49.8 Å². The van der Waals surface area contributed by atoms with Crippen molar-refractivity contribution in [3.05, 3.63) is 162 Å². The Bertz CT molecular complexity index is 2520. The minimum absolute atomic E-state index is 0.245. The van der Waals surface area contributed by atoms with Crippen molar-refractivity contribution < 1.29 is 8.81 Å². The number of aryl methyl sites for hydroxylation is 1. The SMILES string of the molecule is Cc1ccc2c(c1)C(C)(C)c1cc(N(c3ccc(-c4ccccc4)cc3F)c3cccc4oc5ccccc5c34)c3ccccc3c1-2. The smallest absolute Gasteiger partial charge is 0.147 e. The molecule has 0 aliphatic heterocycles. The third-order valence-corrected chi connectivity index (χ3v) is 9.97. The molecule has 0 saturated carbocycles. The molecule has 2 nitrogen and oxygen atoms in total. The number of furan rings is 1. The summed E-state index contributed by atoms with van der Waals surface area (Å²) >= 11 is 0. The van der Waals surface area contributed by atoms with Gasteiger partial charge >= 0.3 is 0 Å². The molecule has 0 unspecified atom stereocenters. The van der Waals surface area contributed by atoms with Crippen LogP contribution in [-0.2, 0) is 5.41 Å². The number of rotatable bonds is 4. The van der Waals surface area contributed by atoms with E-state index in [1.165, 1.54) is 27.8 Å². The van der Waals surface area contributed by atoms with Gasteiger partial charge in [-0.1, -0.05) is 123 Å². The van der Waals surface area contributed by atoms with Crippen molar-refractivity contribution in [3.63, 3.8) is 0 Å². The number of halogens is 1. The van der Waals surface area contributed by atoms with E-state index in [1.54, 1.807) is 6.07 Å². The molecular formula is C44H32FNO. The predicted octanol–water partition coefficient (Wildman–Crippen LogP) is 12.6. The highest BCUT2D eigenvalue weighted by atomic mass is 19.1. The molecule has 1 heterocycles. The number of anilines is 3. The van der Waals surface area contributed by atoms with Crippen LogP contribution in [0.15, 0.2) is 144 Å². The van der Waals surface area contributed by atoms with Gasteiger partial charge in [-0.25, -0.2) is 4.39 Å². The van der Waals surface area contributed by atoms with Gasteiger partial charge in [0.15, 0.2) is 0 Å². The Morgan fingerprint density at radius 2 is 1.28 bits per heavy atom. The molecule has 0 radical (unpaired) electrons. The lowest BCUT2D eigenvalue weighted by Crippen LogP contribution is -2.17. The van der Waals surface area contributed by atoms with Gasteiger partial charge in [-0.2, -0.15) is 0 Å². The molecule has 226 valence electrons. The van der Waals surface area contributed by atoms with E-state index in [0.29, 0.717) is 5.69 Å². The molecular weight excluding hydrogens is 577 g/mol. The molecule has 0 amide bonds. The fourth-order valence-corrected chi connectivity index (χ4v) is 7.69. The van der Waals surface area contributed by atoms with Gasteiger partial charge in [0.2, 0.25) is 0 Å². The maximum absolute atomic E-state index is 16.8. The Hall–Kier alpha value is -5.67. The Morgan fingerprint density at radius 3 is 2.09 bits per heavy atom. The number of hydrogen-bond acceptors (Lipinski definition) is 2. The molecule has 0 fully saturated rings. The second-order valence-corrected chi connectivity index (χ2v) is 13.2. The van der Waals surface area contributed by atoms with Gasteiger partial charge < -0.3 is 9.32 Å². The molecule has 0 N–H and O–H groups in total. The zero-order valence-electron chi connectivity index (χ0n) is 26.5. The molecule has 3 heteroatoms. The zero-order chi connectivity index (χ0) is 31.9. The van der Waals surface area contributed by atoms with Crippen molar-refractivity contribution in [2.75, 3.05) is 4.90 Å². The molecule has 1 aliphatic rings. The first-order valence-corrected chi connectivity index (χ1v) is 16.1. The predicted molar refractivity (Wildman–Crippen MR) is 194 cm³/mol. The Kier molecular flexibility index (Phi) is 5.98. The number of para-hydroxylation sites is 1. The van der Waals surface area contributed by atoms with Crippen LogP contribution in [0.4, 0.5) is 21.5 Å². The fourth-order valence-electron chi connectivity index (χ4n) is 7.69. The van der Waals surface area contributed by atoms with Crippen LogP contribution in [0.3, 0.4) is 0 Å². The van der Waals surface area contributed by atoms with Crippen molar-refractivity contribution in [3.8, 4) is 22.3 Å². The lowest BCUT2D eigenvalue weighted by molar-refractivity contribution is 0.629. The van der Waals surface area contributed by atoms with Gasteiger partial charge in [0.1, 0.15) is 17.0 Å². The summed E-state index contributed by atoms with van der Waals surface area (Å²) in [4.78, 5) is 2.11. The molecule has 0 atom stereocenters. The van der Waals surface area contributed by atoms with E-state index in [-0.39, 0.29) is 11.2 Å². The monoisotopic (exact) mass is 609 g/mol. The molecule has 1 aliphatic carbocycles. The largest absolute Gasteiger partial charge is 0.456 e. The van der Waals surface area contributed by atoms with Crippen LogP contribution in [0.2, 0.25) is 0 Å². The molecule has 8 aromatic rings. The van der Waals surface area contributed by atoms with Gasteiger partial charge in [0.25, 0.3) is 0 Å². The van der Waals surface area contributed by atoms with Crippen LogP contribution in [0, 0.1) is 12.7 Å². The van der Waals surface area contributed by atoms with Crippen LogP contribution in [0.25, 0.3) is 55.0 Å². The molecule has 0 spiro atoms. The summed E-state index contributed by atoms with van der Waals surface area (Å²) in [6.45, 7) is 6.77. The van der Waals surface area contributed by atoms with Crippen LogP contribution in [0.1, 0.15) is 30.5 Å². The molecule has 47 heavy (non-hydrogen) atoms. The highest BCUT2D eigenvalue weighted by Crippen LogP contribution is 2.55. The first-order valence-electron chi connectivity index (χ1n) is 16.1. The number of fused-ring (bicyclic) bond motifs is 8. The summed E-state index contributed by atoms with van der Waals surface area (Å²) in [7, 11) is 0. The maximum atomic E-state index is 16.8. The standard InChI is InChI=1S/C44H32FNO/c1-27-20-22-32-34(24-27)44(2,3)35-26-39(30-14-7-8-15-31(30)42(32)35)46(37-23-21-29(25-36(37)45)28-12-5-4-6-13-28)38-17-11-19-41-43(38)33-16-9-10-18-40(33)47-41/h4-26H,1-3H3. The van der Waals surface area contributed by atoms with Crippen molar-refractivity contribution in [1.82, 2.24) is 0 Å². The summed E-state index contributed by atoms with van der Waals surface area (Å²) in [5.41, 5.74) is 11.8. The molecule has 0 bridgehead atoms. The third-order valence-electron chi connectivity index (χ3n) is 9.97. The van der Waals surface area contributed by atoms with Gasteiger partial charge in [0.05, 0.1) is 22.4 Å². The van der Waals surface area contributed by atoms with E-state index < -0.39 is 0 Å². The molecule has 0 saturated heterocycles. The summed E-state index contributed by atoms with van der Waals surface area (Å²) < 4.78 is 23.2. The third kappa shape index (κ3) is 4.09. The number of benzene rings is 7. The average Bonchev–Trinajstić information content (AvgIpc) is 3.58. The minimum atomic E-state index is -0.293. The zero-order valence-corrected chi connectivity index (χ0v) is 26.5. The Labute approximate surface area is 273 Å². The van der Waals surface area contributed by atoms with E-state index in [4.69, 9.17) is 4.42 Å². The highest BCUT2D eigenvalue weighted by molar-refractivity contribution is 6.16. The van der Waals surface area contributed by atoms with Crippen LogP contribution >= 0.6 is 0 Å². The van der Waals surface area contributed by atoms with E-state index in [2.05, 4.69) is 86.3 Å². The Morgan fingerprint density at radius 1 is 0.553 bits per heavy atom. The maximum Gasteiger partial charge on any atom is 0.147 e. The molecule has 7 aromatic carbocycles. The molecule has 1 aromatic heterocycles. The number of nitrogens with zero attached hydrogens (tertiary/aromatic N) is 1. The van der Waals surface area contributed by atoms with Crippen LogP contribution in [-0.4, -0.2) is 0 Å². The van der Waals surface area contributed by atoms with E-state index in [0.717, 1.165) is 55.2 Å². The lowest BCUT2D eigenvalue weighted by atomic mass is 9.81. The van der Waals surface area contributed by atoms with Gasteiger partial charge in [-0.05, 0) is 82.1 Å². The fraction of sp³-hybridized carbons (Fsp3) is 0.0909. The van der Waals surface area contributed by atoms with Crippen LogP contribution < -0.4 is 4.90 Å². The first-order chi connectivity index (χ1) is 22.9. The van der Waals surface area contributed by atoms with Gasteiger partial charge in [0, 0.05) is 16.2 Å². The summed E-state index contributed by atoms with van der Waals surface area (Å²) in [5, 5.41) is 4.17. The van der Waals surface area contributed by atoms with Crippen molar-refractivity contribution in [2.45, 2.75) is 26.2 Å². The lowest BCUT2D eigenvalue weighted by Gasteiger charge is -2.30. The van der Waals surface area contributed by atoms with Gasteiger partial charge in [-0.15, -0.1) is 0 Å². The van der Waals surface area contributed by atoms with Crippen molar-refractivity contribution in [2.24, 2.45) is 0 Å². The average molecular weight is 610 g/mol. The number of hydrogen-bond donors (Lipinski definition) is 0. The van der Waals surface area contributed by atoms with E-state index >= 15 is 4.39 Å².